The van der Waals surface area contributed by atoms with Crippen LogP contribution in [0.4, 0.5) is 0 Å². The minimum absolute atomic E-state index is 0.158. The van der Waals surface area contributed by atoms with Crippen LogP contribution in [0.1, 0.15) is 27.4 Å². The molecule has 8 heteroatoms. The lowest BCUT2D eigenvalue weighted by Crippen LogP contribution is -2.27. The Morgan fingerprint density at radius 1 is 1.17 bits per heavy atom. The quantitative estimate of drug-likeness (QED) is 0.753. The van der Waals surface area contributed by atoms with E-state index in [0.29, 0.717) is 34.9 Å². The molecule has 0 saturated heterocycles. The largest absolute Gasteiger partial charge is 0.328 e. The van der Waals surface area contributed by atoms with Gasteiger partial charge in [-0.25, -0.2) is 4.98 Å². The number of para-hydroxylation sites is 1. The summed E-state index contributed by atoms with van der Waals surface area (Å²) in [4.78, 5) is 33.6. The van der Waals surface area contributed by atoms with Crippen molar-refractivity contribution in [2.75, 3.05) is 0 Å². The number of rotatable bonds is 2. The van der Waals surface area contributed by atoms with Crippen molar-refractivity contribution < 1.29 is 4.79 Å². The van der Waals surface area contributed by atoms with Crippen molar-refractivity contribution >= 4 is 5.91 Å². The zero-order valence-corrected chi connectivity index (χ0v) is 12.9. The fraction of sp³-hybridized carbons (Fsp3) is 0.188. The van der Waals surface area contributed by atoms with Crippen molar-refractivity contribution in [3.05, 3.63) is 69.9 Å². The number of carbonyl (C=O) groups excluding carboxylic acids is 1. The Morgan fingerprint density at radius 2 is 1.92 bits per heavy atom. The predicted octanol–water partition coefficient (Wildman–Crippen LogP) is 0.815. The first-order chi connectivity index (χ1) is 11.6. The van der Waals surface area contributed by atoms with Gasteiger partial charge in [-0.1, -0.05) is 12.1 Å². The Balaban J connectivity index is 1.70. The summed E-state index contributed by atoms with van der Waals surface area (Å²) in [6.45, 7) is 2.32. The molecule has 0 unspecified atom stereocenters. The lowest BCUT2D eigenvalue weighted by molar-refractivity contribution is 0.0750. The van der Waals surface area contributed by atoms with Gasteiger partial charge in [0.25, 0.3) is 11.5 Å². The summed E-state index contributed by atoms with van der Waals surface area (Å²) in [5.41, 5.74) is 2.25. The fourth-order valence-corrected chi connectivity index (χ4v) is 2.91. The van der Waals surface area contributed by atoms with Gasteiger partial charge in [0.05, 0.1) is 35.6 Å². The summed E-state index contributed by atoms with van der Waals surface area (Å²) in [6, 6.07) is 7.23. The molecular formula is C16H14N6O2. The maximum absolute atomic E-state index is 13.0. The van der Waals surface area contributed by atoms with Crippen LogP contribution in [-0.2, 0) is 13.1 Å². The van der Waals surface area contributed by atoms with Crippen molar-refractivity contribution in [1.82, 2.24) is 29.6 Å². The molecular weight excluding hydrogens is 308 g/mol. The van der Waals surface area contributed by atoms with Gasteiger partial charge in [-0.05, 0) is 19.1 Å². The smallest absolute Gasteiger partial charge is 0.256 e. The molecule has 3 heterocycles. The van der Waals surface area contributed by atoms with Gasteiger partial charge in [-0.15, -0.1) is 10.2 Å². The Kier molecular flexibility index (Phi) is 3.23. The second-order valence-corrected chi connectivity index (χ2v) is 5.62. The van der Waals surface area contributed by atoms with Crippen molar-refractivity contribution in [2.24, 2.45) is 0 Å². The summed E-state index contributed by atoms with van der Waals surface area (Å²) in [5.74, 6) is 0.396. The molecule has 0 bridgehead atoms. The highest BCUT2D eigenvalue weighted by atomic mass is 16.2. The minimum atomic E-state index is -0.181. The second kappa shape index (κ2) is 5.41. The van der Waals surface area contributed by atoms with Crippen LogP contribution in [0.25, 0.3) is 5.69 Å². The Morgan fingerprint density at radius 3 is 2.71 bits per heavy atom. The molecule has 120 valence electrons. The van der Waals surface area contributed by atoms with Gasteiger partial charge in [-0.2, -0.15) is 0 Å². The molecule has 2 aromatic heterocycles. The van der Waals surface area contributed by atoms with Gasteiger partial charge in [0.15, 0.2) is 0 Å². The third-order valence-electron chi connectivity index (χ3n) is 4.03. The molecule has 0 radical (unpaired) electrons. The summed E-state index contributed by atoms with van der Waals surface area (Å²) in [5, 5.41) is 7.57. The van der Waals surface area contributed by atoms with Crippen LogP contribution in [0.2, 0.25) is 0 Å². The van der Waals surface area contributed by atoms with Crippen LogP contribution in [0.5, 0.6) is 0 Å². The van der Waals surface area contributed by atoms with E-state index in [9.17, 15) is 9.59 Å². The van der Waals surface area contributed by atoms with Crippen LogP contribution in [0, 0.1) is 6.92 Å². The maximum atomic E-state index is 13.0. The van der Waals surface area contributed by atoms with Crippen LogP contribution in [-0.4, -0.2) is 35.5 Å². The molecule has 1 N–H and O–H groups in total. The number of fused-ring (bicyclic) bond motifs is 1. The van der Waals surface area contributed by atoms with Gasteiger partial charge < -0.3 is 9.88 Å². The third kappa shape index (κ3) is 2.28. The number of hydrogen-bond acceptors (Lipinski definition) is 5. The highest BCUT2D eigenvalue weighted by Gasteiger charge is 2.29. The number of hydrogen-bond donors (Lipinski definition) is 1. The number of aromatic nitrogens is 5. The van der Waals surface area contributed by atoms with E-state index in [0.717, 1.165) is 0 Å². The predicted molar refractivity (Wildman–Crippen MR) is 84.5 cm³/mol. The lowest BCUT2D eigenvalue weighted by atomic mass is 10.1. The molecule has 1 amide bonds. The van der Waals surface area contributed by atoms with Gasteiger partial charge in [0.2, 0.25) is 0 Å². The van der Waals surface area contributed by atoms with E-state index in [1.165, 1.54) is 0 Å². The van der Waals surface area contributed by atoms with Crippen LogP contribution in [0.15, 0.2) is 41.7 Å². The molecule has 1 aliphatic rings. The SMILES string of the molecule is Cc1nc2c(c(=O)[nH]1)CN(C(=O)c1ccccc1-n1cnnc1)C2. The highest BCUT2D eigenvalue weighted by molar-refractivity contribution is 5.98. The van der Waals surface area contributed by atoms with E-state index in [1.807, 2.05) is 12.1 Å². The molecule has 8 nitrogen and oxygen atoms in total. The van der Waals surface area contributed by atoms with Crippen molar-refractivity contribution in [1.29, 1.82) is 0 Å². The van der Waals surface area contributed by atoms with Crippen LogP contribution >= 0.6 is 0 Å². The number of aryl methyl sites for hydroxylation is 1. The Labute approximate surface area is 136 Å². The first-order valence-electron chi connectivity index (χ1n) is 7.45. The maximum Gasteiger partial charge on any atom is 0.256 e. The molecule has 0 spiro atoms. The molecule has 1 aliphatic heterocycles. The lowest BCUT2D eigenvalue weighted by Gasteiger charge is -2.17. The molecule has 0 saturated carbocycles. The van der Waals surface area contributed by atoms with Gasteiger partial charge in [0.1, 0.15) is 18.5 Å². The van der Waals surface area contributed by atoms with E-state index >= 15 is 0 Å². The van der Waals surface area contributed by atoms with Crippen LogP contribution < -0.4 is 5.56 Å². The number of benzene rings is 1. The minimum Gasteiger partial charge on any atom is -0.328 e. The Hall–Kier alpha value is -3.29. The summed E-state index contributed by atoms with van der Waals surface area (Å²) < 4.78 is 1.69. The van der Waals surface area contributed by atoms with Crippen molar-refractivity contribution in [3.63, 3.8) is 0 Å². The monoisotopic (exact) mass is 322 g/mol. The number of H-pyrrole nitrogens is 1. The van der Waals surface area contributed by atoms with Crippen molar-refractivity contribution in [3.8, 4) is 5.69 Å². The van der Waals surface area contributed by atoms with Gasteiger partial charge in [0, 0.05) is 0 Å². The zero-order chi connectivity index (χ0) is 16.7. The number of carbonyl (C=O) groups is 1. The number of nitrogens with one attached hydrogen (secondary N) is 1. The van der Waals surface area contributed by atoms with E-state index in [2.05, 4.69) is 20.2 Å². The Bertz CT molecular complexity index is 976. The summed E-state index contributed by atoms with van der Waals surface area (Å²) >= 11 is 0. The van der Waals surface area contributed by atoms with E-state index in [-0.39, 0.29) is 18.0 Å². The molecule has 0 atom stereocenters. The molecule has 1 aromatic carbocycles. The average molecular weight is 322 g/mol. The average Bonchev–Trinajstić information content (AvgIpc) is 3.23. The molecule has 24 heavy (non-hydrogen) atoms. The molecule has 0 aliphatic carbocycles. The standard InChI is InChI=1S/C16H14N6O2/c1-10-19-13-7-21(6-12(13)15(23)20-10)16(24)11-4-2-3-5-14(11)22-8-17-18-9-22/h2-5,8-9H,6-7H2,1H3,(H,19,20,23). The number of amides is 1. The van der Waals surface area contributed by atoms with Crippen LogP contribution in [0.3, 0.4) is 0 Å². The fourth-order valence-electron chi connectivity index (χ4n) is 2.91. The first-order valence-corrected chi connectivity index (χ1v) is 7.45. The zero-order valence-electron chi connectivity index (χ0n) is 12.9. The number of aromatic amines is 1. The summed E-state index contributed by atoms with van der Waals surface area (Å²) in [6.07, 6.45) is 3.08. The normalized spacial score (nSPS) is 13.1. The highest BCUT2D eigenvalue weighted by Crippen LogP contribution is 2.23. The second-order valence-electron chi connectivity index (χ2n) is 5.62. The molecule has 0 fully saturated rings. The van der Waals surface area contributed by atoms with Gasteiger partial charge in [-0.3, -0.25) is 14.2 Å². The first kappa shape index (κ1) is 14.3. The summed E-state index contributed by atoms with van der Waals surface area (Å²) in [7, 11) is 0. The van der Waals surface area contributed by atoms with Crippen molar-refractivity contribution in [2.45, 2.75) is 20.0 Å². The van der Waals surface area contributed by atoms with E-state index in [1.54, 1.807) is 41.2 Å². The topological polar surface area (TPSA) is 96.8 Å². The van der Waals surface area contributed by atoms with E-state index < -0.39 is 0 Å². The molecule has 3 aromatic rings. The van der Waals surface area contributed by atoms with E-state index in [4.69, 9.17) is 0 Å². The van der Waals surface area contributed by atoms with Gasteiger partial charge >= 0.3 is 0 Å². The third-order valence-corrected chi connectivity index (χ3v) is 4.03. The number of nitrogens with zero attached hydrogens (tertiary/aromatic N) is 5. The molecule has 4 rings (SSSR count).